The Morgan fingerprint density at radius 3 is 1.85 bits per heavy atom. The third kappa shape index (κ3) is 121. The van der Waals surface area contributed by atoms with Gasteiger partial charge in [-0.2, -0.15) is 0 Å². The maximum atomic E-state index is 8.35. The Hall–Kier alpha value is -1.50. The van der Waals surface area contributed by atoms with Crippen molar-refractivity contribution in [3.05, 3.63) is 12.2 Å². The molecule has 0 radical (unpaired) electrons. The molecule has 0 fully saturated rings. The van der Waals surface area contributed by atoms with Gasteiger partial charge in [-0.25, -0.2) is 20.4 Å². The van der Waals surface area contributed by atoms with Gasteiger partial charge in [0.25, 0.3) is 0 Å². The zero-order valence-electron chi connectivity index (χ0n) is 8.09. The van der Waals surface area contributed by atoms with E-state index in [9.17, 15) is 0 Å². The number of rotatable bonds is 3. The molecule has 0 saturated carbocycles. The summed E-state index contributed by atoms with van der Waals surface area (Å²) in [6.45, 7) is 4.28. The molecule has 0 spiro atoms. The third-order valence-electron chi connectivity index (χ3n) is 0.960. The van der Waals surface area contributed by atoms with Crippen molar-refractivity contribution in [2.75, 3.05) is 0 Å². The lowest BCUT2D eigenvalue weighted by atomic mass is 10.2. The SMILES string of the molecule is CC=CCCCC.N=C=O.N=C=O. The molecule has 0 atom stereocenters. The van der Waals surface area contributed by atoms with Crippen LogP contribution >= 0.6 is 0 Å². The molecule has 0 amide bonds. The van der Waals surface area contributed by atoms with E-state index in [0.717, 1.165) is 12.2 Å². The van der Waals surface area contributed by atoms with Gasteiger partial charge < -0.3 is 0 Å². The van der Waals surface area contributed by atoms with Crippen LogP contribution in [0.5, 0.6) is 0 Å². The molecule has 0 rings (SSSR count). The lowest BCUT2D eigenvalue weighted by molar-refractivity contribution is 0.562. The van der Waals surface area contributed by atoms with E-state index in [4.69, 9.17) is 20.4 Å². The molecule has 0 unspecified atom stereocenters. The lowest BCUT2D eigenvalue weighted by Gasteiger charge is -1.83. The average Bonchev–Trinajstić information content (AvgIpc) is 2.08. The quantitative estimate of drug-likeness (QED) is 0.306. The predicted octanol–water partition coefficient (Wildman–Crippen LogP) is 2.55. The van der Waals surface area contributed by atoms with Crippen molar-refractivity contribution in [2.45, 2.75) is 33.1 Å². The van der Waals surface area contributed by atoms with Gasteiger partial charge in [-0.15, -0.1) is 0 Å². The van der Waals surface area contributed by atoms with Crippen LogP contribution in [0.4, 0.5) is 0 Å². The lowest BCUT2D eigenvalue weighted by Crippen LogP contribution is -1.63. The van der Waals surface area contributed by atoms with Crippen molar-refractivity contribution in [1.29, 1.82) is 10.8 Å². The van der Waals surface area contributed by atoms with Crippen LogP contribution in [0.3, 0.4) is 0 Å². The summed E-state index contributed by atoms with van der Waals surface area (Å²) in [5, 5.41) is 10.8. The number of nitrogens with one attached hydrogen (secondary N) is 2. The average molecular weight is 184 g/mol. The van der Waals surface area contributed by atoms with Gasteiger partial charge >= 0.3 is 0 Å². The van der Waals surface area contributed by atoms with Crippen LogP contribution in [-0.4, -0.2) is 12.2 Å². The molecule has 0 aliphatic rings. The molecule has 0 aromatic heterocycles. The van der Waals surface area contributed by atoms with E-state index in [0.29, 0.717) is 0 Å². The minimum absolute atomic E-state index is 0.750. The number of hydrogen-bond acceptors (Lipinski definition) is 4. The van der Waals surface area contributed by atoms with Crippen molar-refractivity contribution in [1.82, 2.24) is 0 Å². The number of isocyanates is 2. The molecule has 0 aromatic rings. The zero-order chi connectivity index (χ0) is 10.9. The van der Waals surface area contributed by atoms with Crippen molar-refractivity contribution in [3.63, 3.8) is 0 Å². The molecule has 4 nitrogen and oxygen atoms in total. The summed E-state index contributed by atoms with van der Waals surface area (Å²) in [7, 11) is 0. The highest BCUT2D eigenvalue weighted by Crippen LogP contribution is 1.93. The van der Waals surface area contributed by atoms with Crippen molar-refractivity contribution >= 4 is 12.2 Å². The Morgan fingerprint density at radius 1 is 1.23 bits per heavy atom. The van der Waals surface area contributed by atoms with Crippen LogP contribution in [0.2, 0.25) is 0 Å². The van der Waals surface area contributed by atoms with Crippen LogP contribution in [0.25, 0.3) is 0 Å². The fourth-order valence-electron chi connectivity index (χ4n) is 0.489. The normalized spacial score (nSPS) is 6.92. The topological polar surface area (TPSA) is 81.8 Å². The van der Waals surface area contributed by atoms with Crippen LogP contribution in [0.15, 0.2) is 12.2 Å². The van der Waals surface area contributed by atoms with Crippen molar-refractivity contribution in [3.8, 4) is 0 Å². The summed E-state index contributed by atoms with van der Waals surface area (Å²) in [5.41, 5.74) is 0. The number of allylic oxidation sites excluding steroid dienone is 2. The zero-order valence-corrected chi connectivity index (χ0v) is 8.09. The third-order valence-corrected chi connectivity index (χ3v) is 0.960. The van der Waals surface area contributed by atoms with Gasteiger partial charge in [0.05, 0.1) is 0 Å². The van der Waals surface area contributed by atoms with E-state index in [2.05, 4.69) is 26.0 Å². The molecule has 0 heterocycles. The molecule has 0 aliphatic carbocycles. The molecular formula is C9H16N2O2. The number of hydrogen-bond donors (Lipinski definition) is 2. The van der Waals surface area contributed by atoms with Gasteiger partial charge in [0.2, 0.25) is 12.2 Å². The molecule has 13 heavy (non-hydrogen) atoms. The van der Waals surface area contributed by atoms with Gasteiger partial charge in [0, 0.05) is 0 Å². The van der Waals surface area contributed by atoms with Crippen LogP contribution in [0, 0.1) is 10.8 Å². The summed E-state index contributed by atoms with van der Waals surface area (Å²) in [6, 6.07) is 0. The standard InChI is InChI=1S/C7H14.2CHNO/c1-3-5-7-6-4-2;2*2-1-3/h3,5H,4,6-7H2,1-2H3;2*2H. The van der Waals surface area contributed by atoms with E-state index < -0.39 is 0 Å². The summed E-state index contributed by atoms with van der Waals surface area (Å²) < 4.78 is 0. The number of carbonyl (C=O) groups excluding carboxylic acids is 2. The predicted molar refractivity (Wildman–Crippen MR) is 51.2 cm³/mol. The Labute approximate surface area is 78.7 Å². The van der Waals surface area contributed by atoms with Gasteiger partial charge in [0.1, 0.15) is 0 Å². The Bertz CT molecular complexity index is 152. The molecule has 0 aliphatic heterocycles. The highest BCUT2D eigenvalue weighted by atomic mass is 16.1. The minimum Gasteiger partial charge on any atom is -0.222 e. The first-order valence-electron chi connectivity index (χ1n) is 3.93. The Kier molecular flexibility index (Phi) is 42.3. The highest BCUT2D eigenvalue weighted by molar-refractivity contribution is 5.26. The first-order chi connectivity index (χ1) is 6.24. The maximum absolute atomic E-state index is 8.35. The van der Waals surface area contributed by atoms with Gasteiger partial charge in [0.15, 0.2) is 0 Å². The Balaban J connectivity index is -0.000000140. The van der Waals surface area contributed by atoms with E-state index in [-0.39, 0.29) is 0 Å². The molecular weight excluding hydrogens is 168 g/mol. The highest BCUT2D eigenvalue weighted by Gasteiger charge is 1.73. The first-order valence-corrected chi connectivity index (χ1v) is 3.93. The van der Waals surface area contributed by atoms with E-state index >= 15 is 0 Å². The van der Waals surface area contributed by atoms with Crippen molar-refractivity contribution < 1.29 is 9.59 Å². The molecule has 4 heteroatoms. The van der Waals surface area contributed by atoms with Crippen molar-refractivity contribution in [2.24, 2.45) is 0 Å². The van der Waals surface area contributed by atoms with Crippen LogP contribution < -0.4 is 0 Å². The van der Waals surface area contributed by atoms with Gasteiger partial charge in [-0.1, -0.05) is 31.9 Å². The molecule has 74 valence electrons. The summed E-state index contributed by atoms with van der Waals surface area (Å²) in [5.74, 6) is 0. The smallest absolute Gasteiger partial charge is 0.222 e. The van der Waals surface area contributed by atoms with Crippen LogP contribution in [-0.2, 0) is 9.59 Å². The summed E-state index contributed by atoms with van der Waals surface area (Å²) in [6.07, 6.45) is 9.72. The second-order valence-electron chi connectivity index (χ2n) is 1.92. The monoisotopic (exact) mass is 184 g/mol. The first kappa shape index (κ1) is 17.5. The second-order valence-corrected chi connectivity index (χ2v) is 1.92. The largest absolute Gasteiger partial charge is 0.231 e. The summed E-state index contributed by atoms with van der Waals surface area (Å²) in [4.78, 5) is 16.7. The summed E-state index contributed by atoms with van der Waals surface area (Å²) >= 11 is 0. The Morgan fingerprint density at radius 2 is 1.62 bits per heavy atom. The fourth-order valence-corrected chi connectivity index (χ4v) is 0.489. The van der Waals surface area contributed by atoms with Crippen LogP contribution in [0.1, 0.15) is 33.1 Å². The molecule has 2 N–H and O–H groups in total. The minimum atomic E-state index is 0.750. The molecule has 0 aromatic carbocycles. The van der Waals surface area contributed by atoms with E-state index in [1.165, 1.54) is 19.3 Å². The number of unbranched alkanes of at least 4 members (excludes halogenated alkanes) is 2. The fraction of sp³-hybridized carbons (Fsp3) is 0.556. The van der Waals surface area contributed by atoms with E-state index in [1.54, 1.807) is 0 Å². The van der Waals surface area contributed by atoms with Gasteiger partial charge in [-0.3, -0.25) is 0 Å². The molecule has 0 saturated heterocycles. The maximum Gasteiger partial charge on any atom is 0.231 e. The van der Waals surface area contributed by atoms with E-state index in [1.807, 2.05) is 0 Å². The second kappa shape index (κ2) is 31.3. The molecule has 0 bridgehead atoms. The van der Waals surface area contributed by atoms with Gasteiger partial charge in [-0.05, 0) is 13.3 Å².